The Morgan fingerprint density at radius 1 is 1.06 bits per heavy atom. The van der Waals surface area contributed by atoms with Gasteiger partial charge in [0.2, 0.25) is 0 Å². The standard InChI is InChI=1S/C26H22F3IO4S/c1-16-15-21(9-12-24(16)34-17(2)25(31)32)33-14-13-23(18-3-7-20(30)8-4-18)19-5-10-22(11-6-19)35-26(27,28)29/h3-13,15,17H,14H2,1-2H3,(H,31,32). The van der Waals surface area contributed by atoms with Crippen LogP contribution in [0.3, 0.4) is 0 Å². The molecule has 3 aromatic carbocycles. The van der Waals surface area contributed by atoms with Crippen LogP contribution < -0.4 is 9.47 Å². The Balaban J connectivity index is 1.79. The summed E-state index contributed by atoms with van der Waals surface area (Å²) >= 11 is 2.06. The van der Waals surface area contributed by atoms with Gasteiger partial charge in [-0.3, -0.25) is 0 Å². The summed E-state index contributed by atoms with van der Waals surface area (Å²) in [5, 5.41) is 9.02. The van der Waals surface area contributed by atoms with Crippen molar-refractivity contribution in [2.75, 3.05) is 6.61 Å². The van der Waals surface area contributed by atoms with E-state index in [4.69, 9.17) is 14.6 Å². The molecule has 0 amide bonds. The van der Waals surface area contributed by atoms with Crippen molar-refractivity contribution < 1.29 is 32.5 Å². The second-order valence-electron chi connectivity index (χ2n) is 7.53. The molecule has 0 radical (unpaired) electrons. The van der Waals surface area contributed by atoms with Crippen LogP contribution in [0.5, 0.6) is 11.5 Å². The quantitative estimate of drug-likeness (QED) is 0.199. The molecule has 0 aliphatic rings. The molecule has 0 saturated heterocycles. The van der Waals surface area contributed by atoms with Crippen LogP contribution in [-0.2, 0) is 4.79 Å². The molecule has 3 rings (SSSR count). The summed E-state index contributed by atoms with van der Waals surface area (Å²) in [6, 6.07) is 19.2. The van der Waals surface area contributed by atoms with Crippen LogP contribution in [0.15, 0.2) is 77.7 Å². The van der Waals surface area contributed by atoms with E-state index in [1.54, 1.807) is 37.3 Å². The van der Waals surface area contributed by atoms with Crippen molar-refractivity contribution in [2.45, 2.75) is 30.4 Å². The van der Waals surface area contributed by atoms with Gasteiger partial charge in [-0.25, -0.2) is 4.79 Å². The van der Waals surface area contributed by atoms with E-state index in [-0.39, 0.29) is 23.3 Å². The molecule has 0 saturated carbocycles. The highest BCUT2D eigenvalue weighted by Crippen LogP contribution is 2.37. The molecule has 184 valence electrons. The summed E-state index contributed by atoms with van der Waals surface area (Å²) in [4.78, 5) is 11.1. The lowest BCUT2D eigenvalue weighted by molar-refractivity contribution is -0.144. The fraction of sp³-hybridized carbons (Fsp3) is 0.192. The van der Waals surface area contributed by atoms with Crippen LogP contribution in [0.25, 0.3) is 5.57 Å². The summed E-state index contributed by atoms with van der Waals surface area (Å²) in [6.07, 6.45) is 0.904. The van der Waals surface area contributed by atoms with Crippen LogP contribution in [0.2, 0.25) is 0 Å². The summed E-state index contributed by atoms with van der Waals surface area (Å²) in [5.41, 5.74) is -1.10. The van der Waals surface area contributed by atoms with Crippen molar-refractivity contribution in [3.63, 3.8) is 0 Å². The monoisotopic (exact) mass is 614 g/mol. The van der Waals surface area contributed by atoms with Crippen molar-refractivity contribution in [1.29, 1.82) is 0 Å². The number of ether oxygens (including phenoxy) is 2. The van der Waals surface area contributed by atoms with Crippen molar-refractivity contribution in [3.05, 3.63) is 93.1 Å². The summed E-state index contributed by atoms with van der Waals surface area (Å²) in [6.45, 7) is 3.47. The molecule has 0 spiro atoms. The maximum atomic E-state index is 12.7. The van der Waals surface area contributed by atoms with Crippen molar-refractivity contribution in [3.8, 4) is 11.5 Å². The highest BCUT2D eigenvalue weighted by molar-refractivity contribution is 14.1. The Labute approximate surface area is 219 Å². The van der Waals surface area contributed by atoms with Gasteiger partial charge in [0.15, 0.2) is 6.10 Å². The van der Waals surface area contributed by atoms with Gasteiger partial charge in [0.1, 0.15) is 18.1 Å². The Morgan fingerprint density at radius 3 is 2.20 bits per heavy atom. The lowest BCUT2D eigenvalue weighted by Crippen LogP contribution is -2.23. The zero-order valence-corrected chi connectivity index (χ0v) is 21.8. The molecule has 0 bridgehead atoms. The van der Waals surface area contributed by atoms with E-state index < -0.39 is 17.6 Å². The Kier molecular flexibility index (Phi) is 9.12. The molecule has 0 aliphatic carbocycles. The van der Waals surface area contributed by atoms with E-state index in [9.17, 15) is 18.0 Å². The Morgan fingerprint density at radius 2 is 1.66 bits per heavy atom. The summed E-state index contributed by atoms with van der Waals surface area (Å²) in [7, 11) is 0. The number of carboxylic acid groups (broad SMARTS) is 1. The molecule has 0 aliphatic heterocycles. The molecule has 0 heterocycles. The molecule has 1 atom stereocenters. The maximum Gasteiger partial charge on any atom is 0.446 e. The molecular formula is C26H22F3IO4S. The van der Waals surface area contributed by atoms with Gasteiger partial charge in [0.05, 0.1) is 0 Å². The van der Waals surface area contributed by atoms with Gasteiger partial charge in [-0.05, 0) is 119 Å². The number of rotatable bonds is 9. The van der Waals surface area contributed by atoms with Gasteiger partial charge in [-0.15, -0.1) is 0 Å². The van der Waals surface area contributed by atoms with Gasteiger partial charge in [0, 0.05) is 8.47 Å². The predicted octanol–water partition coefficient (Wildman–Crippen LogP) is 7.57. The lowest BCUT2D eigenvalue weighted by atomic mass is 9.98. The average molecular weight is 614 g/mol. The fourth-order valence-corrected chi connectivity index (χ4v) is 4.07. The van der Waals surface area contributed by atoms with Gasteiger partial charge < -0.3 is 14.6 Å². The SMILES string of the molecule is Cc1cc(OCC=C(c2ccc(I)cc2)c2ccc(SC(F)(F)F)cc2)ccc1OC(C)C(=O)O. The largest absolute Gasteiger partial charge is 0.489 e. The zero-order valence-electron chi connectivity index (χ0n) is 18.8. The molecule has 1 unspecified atom stereocenters. The molecule has 9 heteroatoms. The number of hydrogen-bond donors (Lipinski definition) is 1. The number of aliphatic carboxylic acids is 1. The third kappa shape index (κ3) is 8.21. The first-order chi connectivity index (χ1) is 16.5. The molecule has 4 nitrogen and oxygen atoms in total. The van der Waals surface area contributed by atoms with Crippen molar-refractivity contribution in [2.24, 2.45) is 0 Å². The van der Waals surface area contributed by atoms with Crippen molar-refractivity contribution >= 4 is 45.9 Å². The second kappa shape index (κ2) is 11.9. The van der Waals surface area contributed by atoms with Gasteiger partial charge in [-0.2, -0.15) is 13.2 Å². The number of thioether (sulfide) groups is 1. The van der Waals surface area contributed by atoms with E-state index in [1.807, 2.05) is 30.3 Å². The zero-order chi connectivity index (χ0) is 25.6. The molecule has 0 aromatic heterocycles. The first-order valence-electron chi connectivity index (χ1n) is 10.5. The fourth-order valence-electron chi connectivity index (χ4n) is 3.17. The minimum Gasteiger partial charge on any atom is -0.489 e. The van der Waals surface area contributed by atoms with E-state index in [0.29, 0.717) is 11.5 Å². The molecule has 3 aromatic rings. The predicted molar refractivity (Wildman–Crippen MR) is 139 cm³/mol. The number of aryl methyl sites for hydroxylation is 1. The van der Waals surface area contributed by atoms with E-state index in [2.05, 4.69) is 22.6 Å². The third-order valence-electron chi connectivity index (χ3n) is 4.89. The maximum absolute atomic E-state index is 12.7. The Bertz CT molecular complexity index is 1190. The van der Waals surface area contributed by atoms with Crippen LogP contribution in [0.4, 0.5) is 13.2 Å². The first kappa shape index (κ1) is 26.9. The van der Waals surface area contributed by atoms with Gasteiger partial charge in [0.25, 0.3) is 0 Å². The van der Waals surface area contributed by atoms with Crippen LogP contribution in [-0.4, -0.2) is 29.3 Å². The number of hydrogen-bond acceptors (Lipinski definition) is 4. The van der Waals surface area contributed by atoms with Gasteiger partial charge >= 0.3 is 11.5 Å². The van der Waals surface area contributed by atoms with Crippen LogP contribution in [0.1, 0.15) is 23.6 Å². The molecular weight excluding hydrogens is 592 g/mol. The minimum atomic E-state index is -4.34. The minimum absolute atomic E-state index is 0.120. The molecule has 35 heavy (non-hydrogen) atoms. The highest BCUT2D eigenvalue weighted by Gasteiger charge is 2.29. The van der Waals surface area contributed by atoms with E-state index in [0.717, 1.165) is 25.8 Å². The Hall–Kier alpha value is -2.66. The average Bonchev–Trinajstić information content (AvgIpc) is 2.79. The van der Waals surface area contributed by atoms with Crippen LogP contribution >= 0.6 is 34.4 Å². The lowest BCUT2D eigenvalue weighted by Gasteiger charge is -2.14. The normalized spacial score (nSPS) is 12.8. The smallest absolute Gasteiger partial charge is 0.446 e. The second-order valence-corrected chi connectivity index (χ2v) is 9.92. The number of carbonyl (C=O) groups is 1. The summed E-state index contributed by atoms with van der Waals surface area (Å²) < 4.78 is 50.4. The van der Waals surface area contributed by atoms with Crippen molar-refractivity contribution in [1.82, 2.24) is 0 Å². The number of carboxylic acids is 1. The van der Waals surface area contributed by atoms with Gasteiger partial charge in [-0.1, -0.05) is 24.3 Å². The highest BCUT2D eigenvalue weighted by atomic mass is 127. The first-order valence-corrected chi connectivity index (χ1v) is 12.4. The molecule has 1 N–H and O–H groups in total. The van der Waals surface area contributed by atoms with E-state index in [1.165, 1.54) is 19.1 Å². The van der Waals surface area contributed by atoms with Crippen LogP contribution in [0, 0.1) is 10.5 Å². The van der Waals surface area contributed by atoms with E-state index >= 15 is 0 Å². The topological polar surface area (TPSA) is 55.8 Å². The number of benzene rings is 3. The molecule has 0 fully saturated rings. The third-order valence-corrected chi connectivity index (χ3v) is 6.35. The number of alkyl halides is 3. The summed E-state index contributed by atoms with van der Waals surface area (Å²) in [5.74, 6) is -0.0184. The number of halogens is 4.